The van der Waals surface area contributed by atoms with E-state index in [0.29, 0.717) is 0 Å². The summed E-state index contributed by atoms with van der Waals surface area (Å²) in [6, 6.07) is 15.6. The maximum atomic E-state index is 4.24. The van der Waals surface area contributed by atoms with Crippen LogP contribution in [0.5, 0.6) is 0 Å². The fourth-order valence-electron chi connectivity index (χ4n) is 3.00. The molecular formula is C25H31P. The van der Waals surface area contributed by atoms with E-state index in [2.05, 4.69) is 97.3 Å². The van der Waals surface area contributed by atoms with Gasteiger partial charge in [-0.3, -0.25) is 0 Å². The molecule has 0 nitrogen and oxygen atoms in total. The second-order valence-electron chi connectivity index (χ2n) is 6.68. The van der Waals surface area contributed by atoms with Crippen LogP contribution in [0.4, 0.5) is 0 Å². The molecule has 0 spiro atoms. The van der Waals surface area contributed by atoms with Gasteiger partial charge in [0.25, 0.3) is 0 Å². The normalized spacial score (nSPS) is 11.9. The standard InChI is InChI=1S/C25H31P/c1-5-8-9-21-12-14-22(15-13-21)23-16-17-24(25(26)18-23)19(4)10-11-20(6-2)7-3/h6,10-18H,4-5,7-9,26H2,1-3H3/b11-10-,20-6-. The van der Waals surface area contributed by atoms with Gasteiger partial charge in [0, 0.05) is 0 Å². The van der Waals surface area contributed by atoms with Crippen LogP contribution in [0.1, 0.15) is 51.2 Å². The third-order valence-corrected chi connectivity index (χ3v) is 5.26. The van der Waals surface area contributed by atoms with Crippen molar-refractivity contribution in [2.24, 2.45) is 0 Å². The fraction of sp³-hybridized carbons (Fsp3) is 0.280. The first-order chi connectivity index (χ1) is 12.6. The Bertz CT molecular complexity index is 791. The van der Waals surface area contributed by atoms with E-state index in [-0.39, 0.29) is 0 Å². The van der Waals surface area contributed by atoms with Gasteiger partial charge in [0.15, 0.2) is 0 Å². The Labute approximate surface area is 161 Å². The lowest BCUT2D eigenvalue weighted by Crippen LogP contribution is -2.00. The van der Waals surface area contributed by atoms with Crippen molar-refractivity contribution < 1.29 is 0 Å². The van der Waals surface area contributed by atoms with Crippen LogP contribution in [0.25, 0.3) is 16.7 Å². The highest BCUT2D eigenvalue weighted by Crippen LogP contribution is 2.24. The molecule has 2 aromatic rings. The van der Waals surface area contributed by atoms with Crippen molar-refractivity contribution in [3.05, 3.63) is 84.0 Å². The van der Waals surface area contributed by atoms with Crippen molar-refractivity contribution in [3.63, 3.8) is 0 Å². The molecule has 0 aliphatic carbocycles. The summed E-state index contributed by atoms with van der Waals surface area (Å²) in [5, 5.41) is 1.19. The lowest BCUT2D eigenvalue weighted by atomic mass is 9.98. The monoisotopic (exact) mass is 362 g/mol. The van der Waals surface area contributed by atoms with Gasteiger partial charge < -0.3 is 0 Å². The summed E-state index contributed by atoms with van der Waals surface area (Å²) in [6.45, 7) is 10.7. The first kappa shape index (κ1) is 20.4. The van der Waals surface area contributed by atoms with E-state index in [0.717, 1.165) is 12.0 Å². The van der Waals surface area contributed by atoms with Crippen LogP contribution in [0, 0.1) is 0 Å². The van der Waals surface area contributed by atoms with Gasteiger partial charge in [-0.1, -0.05) is 87.0 Å². The summed E-state index contributed by atoms with van der Waals surface area (Å²) in [6.07, 6.45) is 11.1. The maximum Gasteiger partial charge on any atom is -0.0118 e. The Hall–Kier alpha value is -1.91. The van der Waals surface area contributed by atoms with Crippen LogP contribution in [-0.4, -0.2) is 0 Å². The molecular weight excluding hydrogens is 331 g/mol. The number of hydrogen-bond acceptors (Lipinski definition) is 0. The lowest BCUT2D eigenvalue weighted by Gasteiger charge is -2.10. The fourth-order valence-corrected chi connectivity index (χ4v) is 3.46. The minimum absolute atomic E-state index is 1.04. The van der Waals surface area contributed by atoms with Crippen LogP contribution in [0.2, 0.25) is 0 Å². The van der Waals surface area contributed by atoms with Gasteiger partial charge in [-0.2, -0.15) is 0 Å². The summed E-state index contributed by atoms with van der Waals surface area (Å²) in [7, 11) is 2.86. The van der Waals surface area contributed by atoms with E-state index in [4.69, 9.17) is 0 Å². The van der Waals surface area contributed by atoms with Crippen molar-refractivity contribution in [1.82, 2.24) is 0 Å². The SMILES string of the molecule is C=C(/C=C\C(=C/C)CC)c1ccc(-c2ccc(CCCC)cc2)cc1P. The molecule has 0 radical (unpaired) electrons. The molecule has 0 aliphatic rings. The van der Waals surface area contributed by atoms with Crippen LogP contribution in [0.3, 0.4) is 0 Å². The number of aryl methyl sites for hydroxylation is 1. The molecule has 2 aromatic carbocycles. The Kier molecular flexibility index (Phi) is 8.07. The Morgan fingerprint density at radius 3 is 2.27 bits per heavy atom. The summed E-state index contributed by atoms with van der Waals surface area (Å²) >= 11 is 0. The molecule has 1 heteroatoms. The summed E-state index contributed by atoms with van der Waals surface area (Å²) in [5.41, 5.74) is 7.50. The van der Waals surface area contributed by atoms with Crippen LogP contribution >= 0.6 is 9.24 Å². The van der Waals surface area contributed by atoms with Crippen LogP contribution < -0.4 is 5.30 Å². The van der Waals surface area contributed by atoms with E-state index in [1.165, 1.54) is 52.4 Å². The van der Waals surface area contributed by atoms with E-state index in [1.54, 1.807) is 0 Å². The molecule has 26 heavy (non-hydrogen) atoms. The molecule has 0 aliphatic heterocycles. The van der Waals surface area contributed by atoms with Gasteiger partial charge in [0.1, 0.15) is 0 Å². The maximum absolute atomic E-state index is 4.24. The molecule has 2 rings (SSSR count). The highest BCUT2D eigenvalue weighted by Gasteiger charge is 2.05. The molecule has 0 bridgehead atoms. The smallest absolute Gasteiger partial charge is 0.0118 e. The average molecular weight is 362 g/mol. The zero-order valence-corrected chi connectivity index (χ0v) is 17.5. The minimum atomic E-state index is 1.04. The largest absolute Gasteiger partial charge is 0.105 e. The van der Waals surface area contributed by atoms with E-state index < -0.39 is 0 Å². The van der Waals surface area contributed by atoms with Crippen LogP contribution in [-0.2, 0) is 6.42 Å². The predicted octanol–water partition coefficient (Wildman–Crippen LogP) is 7.12. The van der Waals surface area contributed by atoms with Crippen molar-refractivity contribution >= 4 is 20.1 Å². The van der Waals surface area contributed by atoms with Crippen molar-refractivity contribution in [3.8, 4) is 11.1 Å². The quantitative estimate of drug-likeness (QED) is 0.346. The third-order valence-electron chi connectivity index (χ3n) is 4.78. The number of rotatable bonds is 8. The molecule has 0 heterocycles. The first-order valence-electron chi connectivity index (χ1n) is 9.60. The summed E-state index contributed by atoms with van der Waals surface area (Å²) in [4.78, 5) is 0. The average Bonchev–Trinajstić information content (AvgIpc) is 2.67. The molecule has 0 fully saturated rings. The van der Waals surface area contributed by atoms with Gasteiger partial charge in [0.2, 0.25) is 0 Å². The number of hydrogen-bond donors (Lipinski definition) is 0. The van der Waals surface area contributed by atoms with Crippen molar-refractivity contribution in [1.29, 1.82) is 0 Å². The zero-order chi connectivity index (χ0) is 18.9. The highest BCUT2D eigenvalue weighted by atomic mass is 31.0. The number of unbranched alkanes of at least 4 members (excludes halogenated alkanes) is 1. The van der Waals surface area contributed by atoms with Gasteiger partial charge in [0.05, 0.1) is 0 Å². The minimum Gasteiger partial charge on any atom is -0.105 e. The Morgan fingerprint density at radius 1 is 1.00 bits per heavy atom. The third kappa shape index (κ3) is 5.55. The second-order valence-corrected chi connectivity index (χ2v) is 7.30. The van der Waals surface area contributed by atoms with Crippen LogP contribution in [0.15, 0.2) is 72.8 Å². The highest BCUT2D eigenvalue weighted by molar-refractivity contribution is 7.27. The molecule has 0 aromatic heterocycles. The molecule has 1 unspecified atom stereocenters. The van der Waals surface area contributed by atoms with Gasteiger partial charge in [-0.25, -0.2) is 0 Å². The van der Waals surface area contributed by atoms with E-state index in [1.807, 2.05) is 0 Å². The van der Waals surface area contributed by atoms with E-state index in [9.17, 15) is 0 Å². The Balaban J connectivity index is 2.17. The summed E-state index contributed by atoms with van der Waals surface area (Å²) in [5.74, 6) is 0. The number of allylic oxidation sites excluding steroid dienone is 5. The lowest BCUT2D eigenvalue weighted by molar-refractivity contribution is 0.795. The molecule has 136 valence electrons. The zero-order valence-electron chi connectivity index (χ0n) is 16.4. The molecule has 0 N–H and O–H groups in total. The van der Waals surface area contributed by atoms with E-state index >= 15 is 0 Å². The van der Waals surface area contributed by atoms with Gasteiger partial charge in [-0.15, -0.1) is 9.24 Å². The van der Waals surface area contributed by atoms with Crippen molar-refractivity contribution in [2.45, 2.75) is 46.5 Å². The molecule has 0 amide bonds. The van der Waals surface area contributed by atoms with Gasteiger partial charge >= 0.3 is 0 Å². The Morgan fingerprint density at radius 2 is 1.69 bits per heavy atom. The number of benzene rings is 2. The molecule has 0 saturated heterocycles. The van der Waals surface area contributed by atoms with Gasteiger partial charge in [-0.05, 0) is 65.4 Å². The molecule has 1 atom stereocenters. The summed E-state index contributed by atoms with van der Waals surface area (Å²) < 4.78 is 0. The van der Waals surface area contributed by atoms with Crippen molar-refractivity contribution in [2.75, 3.05) is 0 Å². The molecule has 0 saturated carbocycles. The second kappa shape index (κ2) is 10.3. The predicted molar refractivity (Wildman–Crippen MR) is 122 cm³/mol. The topological polar surface area (TPSA) is 0 Å². The first-order valence-corrected chi connectivity index (χ1v) is 10.2.